The quantitative estimate of drug-likeness (QED) is 0.776. The summed E-state index contributed by atoms with van der Waals surface area (Å²) in [7, 11) is 0. The van der Waals surface area contributed by atoms with Crippen LogP contribution in [0.25, 0.3) is 0 Å². The van der Waals surface area contributed by atoms with Crippen LogP contribution < -0.4 is 20.3 Å². The molecule has 150 valence electrons. The molecule has 6 nitrogen and oxygen atoms in total. The third-order valence-electron chi connectivity index (χ3n) is 4.47. The van der Waals surface area contributed by atoms with Crippen molar-refractivity contribution < 1.29 is 14.3 Å². The van der Waals surface area contributed by atoms with E-state index in [0.29, 0.717) is 37.1 Å². The molecule has 0 saturated carbocycles. The van der Waals surface area contributed by atoms with Crippen molar-refractivity contribution in [2.45, 2.75) is 34.2 Å². The maximum atomic E-state index is 13.0. The summed E-state index contributed by atoms with van der Waals surface area (Å²) in [5, 5.41) is 7.65. The Hall–Kier alpha value is -2.54. The summed E-state index contributed by atoms with van der Waals surface area (Å²) < 4.78 is 5.95. The maximum absolute atomic E-state index is 13.0. The predicted octanol–water partition coefficient (Wildman–Crippen LogP) is 4.48. The summed E-state index contributed by atoms with van der Waals surface area (Å²) in [6, 6.07) is 9.07. The number of thiophene rings is 1. The van der Waals surface area contributed by atoms with Gasteiger partial charge in [-0.15, -0.1) is 11.3 Å². The first-order chi connectivity index (χ1) is 13.3. The van der Waals surface area contributed by atoms with Gasteiger partial charge >= 0.3 is 6.03 Å². The molecule has 1 aromatic heterocycles. The molecule has 7 heteroatoms. The zero-order valence-corrected chi connectivity index (χ0v) is 17.6. The number of rotatable bonds is 5. The summed E-state index contributed by atoms with van der Waals surface area (Å²) in [6.07, 6.45) is 0. The van der Waals surface area contributed by atoms with Crippen LogP contribution >= 0.6 is 11.3 Å². The van der Waals surface area contributed by atoms with Gasteiger partial charge in [-0.05, 0) is 43.3 Å². The molecule has 0 bridgehead atoms. The molecule has 1 aliphatic rings. The molecule has 0 radical (unpaired) electrons. The number of carbonyl (C=O) groups is 2. The first kappa shape index (κ1) is 20.2. The number of ether oxygens (including phenoxy) is 1. The molecule has 0 fully saturated rings. The van der Waals surface area contributed by atoms with Gasteiger partial charge in [0, 0.05) is 23.2 Å². The Morgan fingerprint density at radius 1 is 1.32 bits per heavy atom. The Labute approximate surface area is 169 Å². The van der Waals surface area contributed by atoms with E-state index in [9.17, 15) is 9.59 Å². The monoisotopic (exact) mass is 401 g/mol. The summed E-state index contributed by atoms with van der Waals surface area (Å²) in [4.78, 5) is 28.1. The van der Waals surface area contributed by atoms with Gasteiger partial charge in [-0.25, -0.2) is 4.79 Å². The smallest absolute Gasteiger partial charge is 0.319 e. The van der Waals surface area contributed by atoms with Crippen LogP contribution in [0.3, 0.4) is 0 Å². The molecule has 0 unspecified atom stereocenters. The fourth-order valence-electron chi connectivity index (χ4n) is 3.03. The largest absolute Gasteiger partial charge is 0.490 e. The summed E-state index contributed by atoms with van der Waals surface area (Å²) in [6.45, 7) is 9.35. The van der Waals surface area contributed by atoms with Gasteiger partial charge in [-0.1, -0.05) is 19.9 Å². The average molecular weight is 402 g/mol. The van der Waals surface area contributed by atoms with Crippen molar-refractivity contribution in [3.8, 4) is 5.75 Å². The second kappa shape index (κ2) is 8.22. The van der Waals surface area contributed by atoms with Crippen molar-refractivity contribution in [1.82, 2.24) is 5.32 Å². The highest BCUT2D eigenvalue weighted by atomic mass is 32.1. The molecule has 2 aromatic rings. The molecule has 3 rings (SSSR count). The van der Waals surface area contributed by atoms with Gasteiger partial charge in [0.15, 0.2) is 0 Å². The number of benzene rings is 1. The lowest BCUT2D eigenvalue weighted by Gasteiger charge is -2.29. The van der Waals surface area contributed by atoms with Crippen LogP contribution in [0.2, 0.25) is 0 Å². The van der Waals surface area contributed by atoms with E-state index >= 15 is 0 Å². The minimum atomic E-state index is -0.612. The van der Waals surface area contributed by atoms with Crippen LogP contribution in [0.15, 0.2) is 35.7 Å². The third kappa shape index (κ3) is 4.65. The molecule has 0 saturated heterocycles. The van der Waals surface area contributed by atoms with E-state index in [1.807, 2.05) is 37.4 Å². The second-order valence-electron chi connectivity index (χ2n) is 8.05. The summed E-state index contributed by atoms with van der Waals surface area (Å²) in [5.74, 6) is 0.983. The van der Waals surface area contributed by atoms with Crippen LogP contribution in [0.4, 0.5) is 16.2 Å². The van der Waals surface area contributed by atoms with E-state index < -0.39 is 5.41 Å². The standard InChI is InChI=1S/C21H27N3O3S/c1-14(2)12-24-17-8-7-15(10-18(17)27-13-21(3,4)19(24)25)23-20(26)22-11-16-6-5-9-28-16/h5-10,14H,11-13H2,1-4H3,(H2,22,23,26). The number of urea groups is 1. The molecule has 2 N–H and O–H groups in total. The average Bonchev–Trinajstić information content (AvgIpc) is 3.13. The molecule has 1 aromatic carbocycles. The van der Waals surface area contributed by atoms with E-state index in [-0.39, 0.29) is 11.9 Å². The van der Waals surface area contributed by atoms with Gasteiger partial charge in [0.05, 0.1) is 17.6 Å². The van der Waals surface area contributed by atoms with Gasteiger partial charge in [0.1, 0.15) is 12.4 Å². The van der Waals surface area contributed by atoms with Crippen LogP contribution in [0, 0.1) is 11.3 Å². The van der Waals surface area contributed by atoms with E-state index in [0.717, 1.165) is 10.6 Å². The second-order valence-corrected chi connectivity index (χ2v) is 9.08. The first-order valence-corrected chi connectivity index (χ1v) is 10.3. The minimum Gasteiger partial charge on any atom is -0.490 e. The maximum Gasteiger partial charge on any atom is 0.319 e. The van der Waals surface area contributed by atoms with E-state index in [4.69, 9.17) is 4.74 Å². The van der Waals surface area contributed by atoms with Crippen molar-refractivity contribution in [2.75, 3.05) is 23.4 Å². The number of hydrogen-bond donors (Lipinski definition) is 2. The molecular weight excluding hydrogens is 374 g/mol. The van der Waals surface area contributed by atoms with Gasteiger partial charge in [0.2, 0.25) is 5.91 Å². The van der Waals surface area contributed by atoms with Gasteiger partial charge < -0.3 is 20.3 Å². The molecule has 0 atom stereocenters. The van der Waals surface area contributed by atoms with Crippen molar-refractivity contribution in [3.63, 3.8) is 0 Å². The lowest BCUT2D eigenvalue weighted by Crippen LogP contribution is -2.43. The molecular formula is C21H27N3O3S. The van der Waals surface area contributed by atoms with Gasteiger partial charge in [0.25, 0.3) is 0 Å². The Morgan fingerprint density at radius 3 is 2.79 bits per heavy atom. The fourth-order valence-corrected chi connectivity index (χ4v) is 3.67. The van der Waals surface area contributed by atoms with Gasteiger partial charge in [-0.3, -0.25) is 4.79 Å². The van der Waals surface area contributed by atoms with E-state index in [1.165, 1.54) is 0 Å². The zero-order valence-electron chi connectivity index (χ0n) is 16.7. The SMILES string of the molecule is CC(C)CN1C(=O)C(C)(C)COc2cc(NC(=O)NCc3cccs3)ccc21. The molecule has 0 spiro atoms. The molecule has 1 aliphatic heterocycles. The fraction of sp³-hybridized carbons (Fsp3) is 0.429. The number of amides is 3. The zero-order chi connectivity index (χ0) is 20.3. The Balaban J connectivity index is 1.76. The Kier molecular flexibility index (Phi) is 5.93. The highest BCUT2D eigenvalue weighted by Gasteiger charge is 2.38. The van der Waals surface area contributed by atoms with Crippen LogP contribution in [-0.2, 0) is 11.3 Å². The van der Waals surface area contributed by atoms with E-state index in [1.54, 1.807) is 28.4 Å². The lowest BCUT2D eigenvalue weighted by molar-refractivity contribution is -0.127. The minimum absolute atomic E-state index is 0.0503. The topological polar surface area (TPSA) is 70.7 Å². The normalized spacial score (nSPS) is 15.6. The van der Waals surface area contributed by atoms with E-state index in [2.05, 4.69) is 24.5 Å². The van der Waals surface area contributed by atoms with Crippen LogP contribution in [-0.4, -0.2) is 25.1 Å². The number of carbonyl (C=O) groups excluding carboxylic acids is 2. The number of hydrogen-bond acceptors (Lipinski definition) is 4. The number of nitrogens with one attached hydrogen (secondary N) is 2. The highest BCUT2D eigenvalue weighted by molar-refractivity contribution is 7.09. The number of nitrogens with zero attached hydrogens (tertiary/aromatic N) is 1. The highest BCUT2D eigenvalue weighted by Crippen LogP contribution is 2.38. The summed E-state index contributed by atoms with van der Waals surface area (Å²) >= 11 is 1.60. The molecule has 3 amide bonds. The molecule has 2 heterocycles. The van der Waals surface area contributed by atoms with Crippen LogP contribution in [0.1, 0.15) is 32.6 Å². The number of fused-ring (bicyclic) bond motifs is 1. The summed E-state index contributed by atoms with van der Waals surface area (Å²) in [5.41, 5.74) is 0.757. The van der Waals surface area contributed by atoms with Crippen LogP contribution in [0.5, 0.6) is 5.75 Å². The van der Waals surface area contributed by atoms with Crippen molar-refractivity contribution in [1.29, 1.82) is 0 Å². The van der Waals surface area contributed by atoms with Crippen molar-refractivity contribution in [3.05, 3.63) is 40.6 Å². The number of anilines is 2. The lowest BCUT2D eigenvalue weighted by atomic mass is 9.92. The first-order valence-electron chi connectivity index (χ1n) is 9.42. The van der Waals surface area contributed by atoms with Gasteiger partial charge in [-0.2, -0.15) is 0 Å². The molecule has 0 aliphatic carbocycles. The van der Waals surface area contributed by atoms with Crippen molar-refractivity contribution >= 4 is 34.6 Å². The third-order valence-corrected chi connectivity index (χ3v) is 5.35. The molecule has 28 heavy (non-hydrogen) atoms. The van der Waals surface area contributed by atoms with Crippen molar-refractivity contribution in [2.24, 2.45) is 11.3 Å². The Morgan fingerprint density at radius 2 is 2.11 bits per heavy atom. The Bertz CT molecular complexity index is 847. The predicted molar refractivity (Wildman–Crippen MR) is 113 cm³/mol.